The van der Waals surface area contributed by atoms with Crippen molar-refractivity contribution in [3.63, 3.8) is 0 Å². The number of benzene rings is 2. The third-order valence-electron chi connectivity index (χ3n) is 5.30. The molecule has 0 radical (unpaired) electrons. The van der Waals surface area contributed by atoms with Crippen LogP contribution in [0.4, 0.5) is 26.2 Å². The molecule has 9 nitrogen and oxygen atoms in total. The summed E-state index contributed by atoms with van der Waals surface area (Å²) in [7, 11) is 1.39. The summed E-state index contributed by atoms with van der Waals surface area (Å²) in [6.07, 6.45) is 2.53. The number of fused-ring (bicyclic) bond motifs is 1. The Morgan fingerprint density at radius 3 is 2.57 bits per heavy atom. The van der Waals surface area contributed by atoms with E-state index in [1.807, 2.05) is 6.92 Å². The molecule has 0 saturated heterocycles. The van der Waals surface area contributed by atoms with Gasteiger partial charge in [-0.3, -0.25) is 24.4 Å². The van der Waals surface area contributed by atoms with Gasteiger partial charge in [-0.2, -0.15) is 0 Å². The summed E-state index contributed by atoms with van der Waals surface area (Å²) in [6, 6.07) is 8.44. The van der Waals surface area contributed by atoms with Gasteiger partial charge >= 0.3 is 6.09 Å². The van der Waals surface area contributed by atoms with Crippen LogP contribution in [0.1, 0.15) is 40.5 Å². The number of carbonyl (C=O) groups is 1. The zero-order chi connectivity index (χ0) is 25.9. The fourth-order valence-electron chi connectivity index (χ4n) is 3.52. The Balaban J connectivity index is 2.03. The standard InChI is InChI=1S/C25H29FN4O5/c1-6-7-11-27-20-14-17(8-9-21(20)30(33)34)29-12-10-16-13-22(19(26)15-18(16)23(29)31)28(5)24(32)35-25(2,3)4/h8-10,12-15,27H,6-7,11H2,1-5H3. The molecule has 0 aliphatic carbocycles. The minimum atomic E-state index is -0.758. The third-order valence-corrected chi connectivity index (χ3v) is 5.30. The fraction of sp³-hybridized carbons (Fsp3) is 0.360. The van der Waals surface area contributed by atoms with E-state index in [2.05, 4.69) is 5.32 Å². The number of halogens is 1. The molecule has 3 rings (SSSR count). The van der Waals surface area contributed by atoms with Crippen molar-refractivity contribution in [2.24, 2.45) is 0 Å². The first kappa shape index (κ1) is 25.7. The lowest BCUT2D eigenvalue weighted by Crippen LogP contribution is -2.34. The summed E-state index contributed by atoms with van der Waals surface area (Å²) in [5.41, 5.74) is -0.672. The molecule has 1 amide bonds. The number of amides is 1. The lowest BCUT2D eigenvalue weighted by molar-refractivity contribution is -0.384. The number of rotatable bonds is 7. The number of hydrogen-bond acceptors (Lipinski definition) is 6. The SMILES string of the molecule is CCCCNc1cc(-n2ccc3cc(N(C)C(=O)OC(C)(C)C)c(F)cc3c2=O)ccc1[N+](=O)[O-]. The number of nitro benzene ring substituents is 1. The predicted octanol–water partition coefficient (Wildman–Crippen LogP) is 5.62. The van der Waals surface area contributed by atoms with E-state index >= 15 is 0 Å². The molecule has 1 heterocycles. The van der Waals surface area contributed by atoms with Gasteiger partial charge in [0.2, 0.25) is 0 Å². The van der Waals surface area contributed by atoms with E-state index in [1.165, 1.54) is 42.1 Å². The first-order valence-electron chi connectivity index (χ1n) is 11.3. The lowest BCUT2D eigenvalue weighted by Gasteiger charge is -2.25. The monoisotopic (exact) mass is 484 g/mol. The van der Waals surface area contributed by atoms with Crippen LogP contribution in [-0.2, 0) is 4.74 Å². The van der Waals surface area contributed by atoms with Gasteiger partial charge in [-0.15, -0.1) is 0 Å². The highest BCUT2D eigenvalue weighted by molar-refractivity contribution is 5.92. The third kappa shape index (κ3) is 5.76. The molecule has 1 aromatic heterocycles. The summed E-state index contributed by atoms with van der Waals surface area (Å²) in [5, 5.41) is 15.0. The second-order valence-corrected chi connectivity index (χ2v) is 9.16. The van der Waals surface area contributed by atoms with E-state index in [0.29, 0.717) is 23.3 Å². The van der Waals surface area contributed by atoms with E-state index in [4.69, 9.17) is 4.74 Å². The van der Waals surface area contributed by atoms with E-state index < -0.39 is 28.0 Å². The first-order chi connectivity index (χ1) is 16.4. The molecule has 35 heavy (non-hydrogen) atoms. The van der Waals surface area contributed by atoms with Crippen LogP contribution in [0.3, 0.4) is 0 Å². The topological polar surface area (TPSA) is 107 Å². The molecule has 0 unspecified atom stereocenters. The van der Waals surface area contributed by atoms with Gasteiger partial charge in [0.15, 0.2) is 0 Å². The quantitative estimate of drug-likeness (QED) is 0.265. The maximum absolute atomic E-state index is 15.0. The van der Waals surface area contributed by atoms with Crippen molar-refractivity contribution < 1.29 is 18.8 Å². The molecule has 0 aliphatic heterocycles. The average Bonchev–Trinajstić information content (AvgIpc) is 2.78. The largest absolute Gasteiger partial charge is 0.443 e. The van der Waals surface area contributed by atoms with Crippen LogP contribution in [0.15, 0.2) is 47.4 Å². The van der Waals surface area contributed by atoms with Crippen molar-refractivity contribution in [1.82, 2.24) is 4.57 Å². The summed E-state index contributed by atoms with van der Waals surface area (Å²) < 4.78 is 21.6. The van der Waals surface area contributed by atoms with Crippen molar-refractivity contribution >= 4 is 33.9 Å². The first-order valence-corrected chi connectivity index (χ1v) is 11.3. The number of nitrogens with one attached hydrogen (secondary N) is 1. The summed E-state index contributed by atoms with van der Waals surface area (Å²) in [5.74, 6) is -0.758. The summed E-state index contributed by atoms with van der Waals surface area (Å²) in [6.45, 7) is 7.69. The molecule has 0 spiro atoms. The zero-order valence-corrected chi connectivity index (χ0v) is 20.4. The second-order valence-electron chi connectivity index (χ2n) is 9.16. The van der Waals surface area contributed by atoms with Crippen molar-refractivity contribution in [2.45, 2.75) is 46.1 Å². The molecule has 2 aromatic carbocycles. The van der Waals surface area contributed by atoms with Gasteiger partial charge in [0, 0.05) is 25.9 Å². The Hall–Kier alpha value is -3.95. The number of nitro groups is 1. The molecule has 10 heteroatoms. The van der Waals surface area contributed by atoms with Crippen LogP contribution in [0.2, 0.25) is 0 Å². The van der Waals surface area contributed by atoms with Gasteiger partial charge < -0.3 is 10.1 Å². The minimum absolute atomic E-state index is 0.0263. The minimum Gasteiger partial charge on any atom is -0.443 e. The Labute approximate surface area is 202 Å². The number of unbranched alkanes of at least 4 members (excludes halogenated alkanes) is 1. The molecule has 0 saturated carbocycles. The zero-order valence-electron chi connectivity index (χ0n) is 20.4. The van der Waals surface area contributed by atoms with Crippen LogP contribution in [0.25, 0.3) is 16.5 Å². The van der Waals surface area contributed by atoms with Crippen molar-refractivity contribution in [1.29, 1.82) is 0 Å². The van der Waals surface area contributed by atoms with E-state index in [0.717, 1.165) is 23.8 Å². The highest BCUT2D eigenvalue weighted by Gasteiger charge is 2.23. The molecule has 186 valence electrons. The van der Waals surface area contributed by atoms with Crippen molar-refractivity contribution in [3.05, 3.63) is 68.9 Å². The van der Waals surface area contributed by atoms with Crippen LogP contribution in [0, 0.1) is 15.9 Å². The normalized spacial score (nSPS) is 11.4. The number of nitrogens with zero attached hydrogens (tertiary/aromatic N) is 3. The number of hydrogen-bond donors (Lipinski definition) is 1. The maximum atomic E-state index is 15.0. The molecule has 0 fully saturated rings. The van der Waals surface area contributed by atoms with Gasteiger partial charge in [0.05, 0.1) is 21.7 Å². The second kappa shape index (κ2) is 10.1. The van der Waals surface area contributed by atoms with Gasteiger partial charge in [0.1, 0.15) is 17.1 Å². The smallest absolute Gasteiger partial charge is 0.414 e. The van der Waals surface area contributed by atoms with E-state index in [-0.39, 0.29) is 16.8 Å². The highest BCUT2D eigenvalue weighted by atomic mass is 19.1. The average molecular weight is 485 g/mol. The molecule has 0 bridgehead atoms. The predicted molar refractivity (Wildman–Crippen MR) is 134 cm³/mol. The van der Waals surface area contributed by atoms with Crippen molar-refractivity contribution in [2.75, 3.05) is 23.8 Å². The van der Waals surface area contributed by atoms with E-state index in [1.54, 1.807) is 26.8 Å². The molecule has 0 aliphatic rings. The Morgan fingerprint density at radius 2 is 1.94 bits per heavy atom. The maximum Gasteiger partial charge on any atom is 0.414 e. The van der Waals surface area contributed by atoms with Crippen LogP contribution < -0.4 is 15.8 Å². The Kier molecular flexibility index (Phi) is 7.42. The molecule has 3 aromatic rings. The van der Waals surface area contributed by atoms with Gasteiger partial charge in [0.25, 0.3) is 11.2 Å². The Bertz CT molecular complexity index is 1330. The highest BCUT2D eigenvalue weighted by Crippen LogP contribution is 2.28. The van der Waals surface area contributed by atoms with Crippen molar-refractivity contribution in [3.8, 4) is 5.69 Å². The summed E-state index contributed by atoms with van der Waals surface area (Å²) in [4.78, 5) is 37.6. The van der Waals surface area contributed by atoms with Crippen LogP contribution in [-0.4, -0.2) is 34.8 Å². The number of ether oxygens (including phenoxy) is 1. The van der Waals surface area contributed by atoms with Gasteiger partial charge in [-0.05, 0) is 62.9 Å². The lowest BCUT2D eigenvalue weighted by atomic mass is 10.1. The fourth-order valence-corrected chi connectivity index (χ4v) is 3.52. The number of pyridine rings is 1. The van der Waals surface area contributed by atoms with Gasteiger partial charge in [-0.25, -0.2) is 9.18 Å². The molecular weight excluding hydrogens is 455 g/mol. The molecular formula is C25H29FN4O5. The number of aromatic nitrogens is 1. The Morgan fingerprint density at radius 1 is 1.23 bits per heavy atom. The van der Waals surface area contributed by atoms with Crippen LogP contribution in [0.5, 0.6) is 0 Å². The number of carbonyl (C=O) groups excluding carboxylic acids is 1. The molecule has 1 N–H and O–H groups in total. The number of anilines is 2. The van der Waals surface area contributed by atoms with Gasteiger partial charge in [-0.1, -0.05) is 13.3 Å². The van der Waals surface area contributed by atoms with E-state index in [9.17, 15) is 24.1 Å². The molecule has 0 atom stereocenters. The summed E-state index contributed by atoms with van der Waals surface area (Å²) >= 11 is 0. The van der Waals surface area contributed by atoms with Crippen LogP contribution >= 0.6 is 0 Å².